The average molecular weight is 485 g/mol. The first-order valence-corrected chi connectivity index (χ1v) is 13.2. The van der Waals surface area contributed by atoms with Crippen molar-refractivity contribution in [2.45, 2.75) is 71.4 Å². The highest BCUT2D eigenvalue weighted by atomic mass is 16.5. The number of benzene rings is 1. The molecule has 4 heterocycles. The van der Waals surface area contributed by atoms with E-state index in [0.29, 0.717) is 23.4 Å². The molecular weight excluding hydrogens is 448 g/mol. The van der Waals surface area contributed by atoms with Crippen molar-refractivity contribution < 1.29 is 4.74 Å². The Balaban J connectivity index is 1.68. The van der Waals surface area contributed by atoms with Gasteiger partial charge >= 0.3 is 0 Å². The van der Waals surface area contributed by atoms with Gasteiger partial charge in [-0.1, -0.05) is 26.5 Å². The molecule has 6 rings (SSSR count). The summed E-state index contributed by atoms with van der Waals surface area (Å²) < 4.78 is 10.3. The predicted octanol–water partition coefficient (Wildman–Crippen LogP) is 5.97. The minimum atomic E-state index is -0.0351. The fourth-order valence-electron chi connectivity index (χ4n) is 5.91. The largest absolute Gasteiger partial charge is 0.399 e. The third-order valence-electron chi connectivity index (χ3n) is 7.68. The van der Waals surface area contributed by atoms with Gasteiger partial charge in [0.2, 0.25) is 0 Å². The van der Waals surface area contributed by atoms with E-state index in [1.54, 1.807) is 0 Å². The first-order chi connectivity index (χ1) is 17.4. The molecule has 1 saturated heterocycles. The lowest BCUT2D eigenvalue weighted by molar-refractivity contribution is -0.0366. The van der Waals surface area contributed by atoms with Gasteiger partial charge in [-0.15, -0.1) is 0 Å². The lowest BCUT2D eigenvalue weighted by Gasteiger charge is -2.24. The van der Waals surface area contributed by atoms with E-state index in [2.05, 4.69) is 44.0 Å². The lowest BCUT2D eigenvalue weighted by Crippen LogP contribution is -2.19. The Hall–Kier alpha value is -3.32. The lowest BCUT2D eigenvalue weighted by atomic mass is 9.96. The quantitative estimate of drug-likeness (QED) is 0.351. The Morgan fingerprint density at radius 3 is 2.64 bits per heavy atom. The molecule has 3 aromatic heterocycles. The Kier molecular flexibility index (Phi) is 5.56. The van der Waals surface area contributed by atoms with E-state index in [4.69, 9.17) is 26.3 Å². The monoisotopic (exact) mass is 484 g/mol. The summed E-state index contributed by atoms with van der Waals surface area (Å²) in [6.45, 7) is 11.5. The van der Waals surface area contributed by atoms with Crippen molar-refractivity contribution in [2.75, 3.05) is 12.3 Å². The summed E-state index contributed by atoms with van der Waals surface area (Å²) in [4.78, 5) is 4.96. The van der Waals surface area contributed by atoms with Crippen molar-refractivity contribution in [1.82, 2.24) is 19.3 Å². The van der Waals surface area contributed by atoms with Crippen LogP contribution in [0.25, 0.3) is 33.2 Å². The van der Waals surface area contributed by atoms with Gasteiger partial charge in [0.25, 0.3) is 0 Å². The minimum absolute atomic E-state index is 0.0351. The van der Waals surface area contributed by atoms with Crippen LogP contribution in [-0.4, -0.2) is 25.9 Å². The summed E-state index contributed by atoms with van der Waals surface area (Å²) in [5.41, 5.74) is 21.3. The van der Waals surface area contributed by atoms with Gasteiger partial charge in [-0.25, -0.2) is 4.68 Å². The Morgan fingerprint density at radius 2 is 1.97 bits per heavy atom. The van der Waals surface area contributed by atoms with E-state index in [-0.39, 0.29) is 6.23 Å². The number of nitrogens with zero attached hydrogens (tertiary/aromatic N) is 4. The standard InChI is InChI=1S/C29H36N6O/c1-16(2)13-20-26(19-9-10-19)32-14-22-25(18(4)30)29(31)34(28(20)22)27-17(3)8-11-23-21(27)15-33-35(23)24-7-5-6-12-36-24/h8,11,14-16,19,24H,4-7,9-10,12-13,30-31H2,1-3H3. The van der Waals surface area contributed by atoms with Crippen LogP contribution < -0.4 is 11.5 Å². The van der Waals surface area contributed by atoms with Crippen LogP contribution in [0.3, 0.4) is 0 Å². The van der Waals surface area contributed by atoms with Crippen LogP contribution in [0.4, 0.5) is 5.82 Å². The average Bonchev–Trinajstić information content (AvgIpc) is 3.52. The number of hydrogen-bond acceptors (Lipinski definition) is 5. The highest BCUT2D eigenvalue weighted by Gasteiger charge is 2.32. The van der Waals surface area contributed by atoms with Gasteiger partial charge in [-0.2, -0.15) is 5.10 Å². The van der Waals surface area contributed by atoms with E-state index in [1.165, 1.54) is 24.1 Å². The highest BCUT2D eigenvalue weighted by Crippen LogP contribution is 2.46. The number of aryl methyl sites for hydroxylation is 1. The van der Waals surface area contributed by atoms with Gasteiger partial charge in [0.1, 0.15) is 5.82 Å². The molecule has 7 heteroatoms. The second-order valence-corrected chi connectivity index (χ2v) is 11.0. The topological polar surface area (TPSA) is 96.9 Å². The van der Waals surface area contributed by atoms with Crippen LogP contribution in [-0.2, 0) is 11.2 Å². The number of nitrogen functional groups attached to an aromatic ring is 1. The number of fused-ring (bicyclic) bond motifs is 2. The fourth-order valence-corrected chi connectivity index (χ4v) is 5.91. The molecule has 4 N–H and O–H groups in total. The molecule has 36 heavy (non-hydrogen) atoms. The summed E-state index contributed by atoms with van der Waals surface area (Å²) >= 11 is 0. The van der Waals surface area contributed by atoms with Crippen molar-refractivity contribution in [3.63, 3.8) is 0 Å². The zero-order valence-electron chi connectivity index (χ0n) is 21.6. The van der Waals surface area contributed by atoms with Gasteiger partial charge in [-0.3, -0.25) is 9.55 Å². The van der Waals surface area contributed by atoms with E-state index in [0.717, 1.165) is 70.9 Å². The number of nitrogens with two attached hydrogens (primary N) is 2. The van der Waals surface area contributed by atoms with Crippen molar-refractivity contribution in [1.29, 1.82) is 0 Å². The SMILES string of the molecule is C=C(N)c1c(N)n(-c2c(C)ccc3c2cnn3C2CCCCO2)c2c(CC(C)C)c(C3CC3)ncc12. The second kappa shape index (κ2) is 8.66. The summed E-state index contributed by atoms with van der Waals surface area (Å²) in [5, 5.41) is 6.84. The molecule has 1 unspecified atom stereocenters. The van der Waals surface area contributed by atoms with Crippen molar-refractivity contribution in [2.24, 2.45) is 11.7 Å². The van der Waals surface area contributed by atoms with E-state index < -0.39 is 0 Å². The van der Waals surface area contributed by atoms with Gasteiger partial charge < -0.3 is 16.2 Å². The van der Waals surface area contributed by atoms with Crippen LogP contribution in [0.1, 0.15) is 80.5 Å². The second-order valence-electron chi connectivity index (χ2n) is 11.0. The molecule has 0 radical (unpaired) electrons. The Morgan fingerprint density at radius 1 is 1.17 bits per heavy atom. The molecule has 0 spiro atoms. The maximum absolute atomic E-state index is 6.94. The van der Waals surface area contributed by atoms with E-state index in [1.807, 2.05) is 17.1 Å². The molecule has 2 aliphatic rings. The summed E-state index contributed by atoms with van der Waals surface area (Å²) in [5.74, 6) is 1.61. The van der Waals surface area contributed by atoms with E-state index >= 15 is 0 Å². The van der Waals surface area contributed by atoms with Crippen molar-refractivity contribution in [3.8, 4) is 5.69 Å². The molecule has 4 aromatic rings. The number of aromatic nitrogens is 4. The van der Waals surface area contributed by atoms with Crippen molar-refractivity contribution >= 4 is 33.3 Å². The summed E-state index contributed by atoms with van der Waals surface area (Å²) in [6.07, 6.45) is 10.4. The maximum Gasteiger partial charge on any atom is 0.150 e. The van der Waals surface area contributed by atoms with Crippen LogP contribution in [0, 0.1) is 12.8 Å². The maximum atomic E-state index is 6.94. The predicted molar refractivity (Wildman–Crippen MR) is 146 cm³/mol. The molecule has 0 bridgehead atoms. The first-order valence-electron chi connectivity index (χ1n) is 13.2. The van der Waals surface area contributed by atoms with Crippen LogP contribution in [0.15, 0.2) is 31.1 Å². The molecule has 2 fully saturated rings. The normalized spacial score (nSPS) is 18.5. The minimum Gasteiger partial charge on any atom is -0.399 e. The molecule has 1 aromatic carbocycles. The third kappa shape index (κ3) is 3.60. The summed E-state index contributed by atoms with van der Waals surface area (Å²) in [6, 6.07) is 4.31. The van der Waals surface area contributed by atoms with Gasteiger partial charge in [0.15, 0.2) is 6.23 Å². The van der Waals surface area contributed by atoms with Gasteiger partial charge in [0.05, 0.1) is 22.9 Å². The van der Waals surface area contributed by atoms with Crippen molar-refractivity contribution in [3.05, 3.63) is 53.5 Å². The molecule has 1 saturated carbocycles. The molecule has 188 valence electrons. The molecule has 0 amide bonds. The zero-order valence-corrected chi connectivity index (χ0v) is 21.6. The molecule has 1 atom stereocenters. The van der Waals surface area contributed by atoms with Crippen LogP contribution >= 0.6 is 0 Å². The molecule has 1 aliphatic heterocycles. The smallest absolute Gasteiger partial charge is 0.150 e. The number of rotatable bonds is 6. The number of hydrogen-bond donors (Lipinski definition) is 2. The molecular formula is C29H36N6O. The number of ether oxygens (including phenoxy) is 1. The Labute approximate surface area is 212 Å². The number of pyridine rings is 1. The third-order valence-corrected chi connectivity index (χ3v) is 7.68. The van der Waals surface area contributed by atoms with Crippen LogP contribution in [0.5, 0.6) is 0 Å². The van der Waals surface area contributed by atoms with Crippen LogP contribution in [0.2, 0.25) is 0 Å². The fraction of sp³-hybridized carbons (Fsp3) is 0.448. The Bertz CT molecular complexity index is 1480. The summed E-state index contributed by atoms with van der Waals surface area (Å²) in [7, 11) is 0. The van der Waals surface area contributed by atoms with Gasteiger partial charge in [0, 0.05) is 46.4 Å². The molecule has 7 nitrogen and oxygen atoms in total. The number of anilines is 1. The van der Waals surface area contributed by atoms with E-state index in [9.17, 15) is 0 Å². The zero-order chi connectivity index (χ0) is 25.1. The molecule has 1 aliphatic carbocycles. The highest BCUT2D eigenvalue weighted by molar-refractivity contribution is 6.03. The van der Waals surface area contributed by atoms with Gasteiger partial charge in [-0.05, 0) is 68.6 Å². The first kappa shape index (κ1) is 23.1.